The largest absolute Gasteiger partial charge is 0.372 e. The van der Waals surface area contributed by atoms with Crippen LogP contribution in [0.1, 0.15) is 22.5 Å². The smallest absolute Gasteiger partial charge is 0.269 e. The zero-order valence-corrected chi connectivity index (χ0v) is 11.9. The fourth-order valence-corrected chi connectivity index (χ4v) is 3.25. The number of ether oxygens (including phenoxy) is 1. The van der Waals surface area contributed by atoms with Crippen LogP contribution < -0.4 is 5.56 Å². The van der Waals surface area contributed by atoms with Crippen LogP contribution in [0.25, 0.3) is 22.4 Å². The van der Waals surface area contributed by atoms with Gasteiger partial charge in [-0.3, -0.25) is 4.79 Å². The predicted octanol–water partition coefficient (Wildman–Crippen LogP) is 3.19. The number of aromatic nitrogens is 2. The molecule has 4 rings (SSSR count). The number of rotatable bonds is 2. The maximum atomic E-state index is 11.9. The van der Waals surface area contributed by atoms with Crippen molar-refractivity contribution in [2.75, 3.05) is 0 Å². The Hall–Kier alpha value is -2.24. The summed E-state index contributed by atoms with van der Waals surface area (Å²) in [6.45, 7) is 1.32. The molecule has 0 saturated carbocycles. The molecule has 21 heavy (non-hydrogen) atoms. The van der Waals surface area contributed by atoms with Gasteiger partial charge in [0.1, 0.15) is 10.5 Å². The lowest BCUT2D eigenvalue weighted by atomic mass is 10.0. The first-order valence-corrected chi connectivity index (χ1v) is 7.53. The van der Waals surface area contributed by atoms with E-state index in [0.29, 0.717) is 23.7 Å². The molecule has 3 heterocycles. The fourth-order valence-electron chi connectivity index (χ4n) is 2.52. The van der Waals surface area contributed by atoms with Crippen LogP contribution in [-0.2, 0) is 18.0 Å². The van der Waals surface area contributed by atoms with Gasteiger partial charge in [-0.1, -0.05) is 24.3 Å². The van der Waals surface area contributed by atoms with Crippen molar-refractivity contribution >= 4 is 33.7 Å². The molecule has 1 aliphatic heterocycles. The van der Waals surface area contributed by atoms with E-state index >= 15 is 0 Å². The molecule has 0 atom stereocenters. The number of aromatic amines is 1. The second-order valence-corrected chi connectivity index (χ2v) is 5.81. The summed E-state index contributed by atoms with van der Waals surface area (Å²) in [7, 11) is 0. The van der Waals surface area contributed by atoms with Crippen molar-refractivity contribution in [2.24, 2.45) is 0 Å². The van der Waals surface area contributed by atoms with E-state index in [0.717, 1.165) is 11.1 Å². The molecule has 5 heteroatoms. The summed E-state index contributed by atoms with van der Waals surface area (Å²) in [5, 5.41) is 1.88. The topological polar surface area (TPSA) is 55.0 Å². The predicted molar refractivity (Wildman–Crippen MR) is 84.1 cm³/mol. The summed E-state index contributed by atoms with van der Waals surface area (Å²) in [6.07, 6.45) is 3.82. The Kier molecular flexibility index (Phi) is 2.94. The molecule has 0 aliphatic carbocycles. The Morgan fingerprint density at radius 1 is 1.24 bits per heavy atom. The molecule has 0 amide bonds. The molecule has 104 valence electrons. The number of fused-ring (bicyclic) bond motifs is 2. The molecule has 0 spiro atoms. The molecule has 0 radical (unpaired) electrons. The normalized spacial score (nSPS) is 14.1. The van der Waals surface area contributed by atoms with Crippen LogP contribution in [0, 0.1) is 0 Å². The third-order valence-corrected chi connectivity index (χ3v) is 4.47. The van der Waals surface area contributed by atoms with Crippen molar-refractivity contribution in [3.8, 4) is 0 Å². The van der Waals surface area contributed by atoms with E-state index in [1.165, 1.54) is 22.5 Å². The van der Waals surface area contributed by atoms with Gasteiger partial charge in [-0.2, -0.15) is 0 Å². The molecule has 1 N–H and O–H groups in total. The van der Waals surface area contributed by atoms with Crippen LogP contribution in [0.15, 0.2) is 34.4 Å². The summed E-state index contributed by atoms with van der Waals surface area (Å²) in [6, 6.07) is 8.01. The molecule has 3 aromatic rings. The van der Waals surface area contributed by atoms with E-state index < -0.39 is 0 Å². The number of hydrogen-bond donors (Lipinski definition) is 1. The lowest BCUT2D eigenvalue weighted by Gasteiger charge is -2.01. The number of thiophene rings is 1. The van der Waals surface area contributed by atoms with Gasteiger partial charge in [-0.25, -0.2) is 4.98 Å². The fraction of sp³-hybridized carbons (Fsp3) is 0.125. The number of nitrogens with one attached hydrogen (secondary N) is 1. The number of nitrogens with zero attached hydrogens (tertiary/aromatic N) is 1. The van der Waals surface area contributed by atoms with Crippen molar-refractivity contribution in [3.63, 3.8) is 0 Å². The number of hydrogen-bond acceptors (Lipinski definition) is 4. The van der Waals surface area contributed by atoms with E-state index in [2.05, 4.69) is 16.0 Å². The Balaban J connectivity index is 1.74. The Bertz CT molecular complexity index is 908. The first-order valence-electron chi connectivity index (χ1n) is 6.65. The second-order valence-electron chi connectivity index (χ2n) is 4.90. The van der Waals surface area contributed by atoms with Crippen LogP contribution >= 0.6 is 11.3 Å². The molecule has 1 aromatic carbocycles. The molecular formula is C16H12N2O2S. The van der Waals surface area contributed by atoms with Gasteiger partial charge in [-0.05, 0) is 34.2 Å². The standard InChI is InChI=1S/C16H12N2O2S/c19-16-15-13(6-7-21-15)17-14(18-16)5-4-10-2-1-3-11-8-20-9-12(10)11/h1-7H,8-9H2,(H,17,18,19)/b5-4+. The maximum absolute atomic E-state index is 11.9. The van der Waals surface area contributed by atoms with Gasteiger partial charge in [-0.15, -0.1) is 11.3 Å². The summed E-state index contributed by atoms with van der Waals surface area (Å²) >= 11 is 1.41. The van der Waals surface area contributed by atoms with Crippen molar-refractivity contribution < 1.29 is 4.74 Å². The molecule has 2 aromatic heterocycles. The average Bonchev–Trinajstić information content (AvgIpc) is 3.13. The summed E-state index contributed by atoms with van der Waals surface area (Å²) < 4.78 is 6.14. The zero-order valence-electron chi connectivity index (χ0n) is 11.1. The van der Waals surface area contributed by atoms with E-state index in [1.54, 1.807) is 0 Å². The van der Waals surface area contributed by atoms with Gasteiger partial charge >= 0.3 is 0 Å². The first kappa shape index (κ1) is 12.5. The monoisotopic (exact) mass is 296 g/mol. The Labute approximate surface area is 124 Å². The van der Waals surface area contributed by atoms with Gasteiger partial charge in [0.2, 0.25) is 0 Å². The number of benzene rings is 1. The number of H-pyrrole nitrogens is 1. The van der Waals surface area contributed by atoms with Crippen molar-refractivity contribution in [3.05, 3.63) is 62.5 Å². The Morgan fingerprint density at radius 2 is 2.19 bits per heavy atom. The van der Waals surface area contributed by atoms with E-state index in [9.17, 15) is 4.79 Å². The molecular weight excluding hydrogens is 284 g/mol. The third-order valence-electron chi connectivity index (χ3n) is 3.57. The lowest BCUT2D eigenvalue weighted by Crippen LogP contribution is -2.07. The van der Waals surface area contributed by atoms with Gasteiger partial charge < -0.3 is 9.72 Å². The lowest BCUT2D eigenvalue weighted by molar-refractivity contribution is 0.134. The highest BCUT2D eigenvalue weighted by Crippen LogP contribution is 2.24. The molecule has 0 unspecified atom stereocenters. The minimum atomic E-state index is -0.0868. The van der Waals surface area contributed by atoms with Crippen molar-refractivity contribution in [1.29, 1.82) is 0 Å². The molecule has 0 fully saturated rings. The molecule has 1 aliphatic rings. The summed E-state index contributed by atoms with van der Waals surface area (Å²) in [5.41, 5.74) is 4.21. The highest BCUT2D eigenvalue weighted by molar-refractivity contribution is 7.17. The van der Waals surface area contributed by atoms with Gasteiger partial charge in [0.05, 0.1) is 18.7 Å². The highest BCUT2D eigenvalue weighted by Gasteiger charge is 2.13. The molecule has 0 saturated heterocycles. The van der Waals surface area contributed by atoms with Crippen LogP contribution in [-0.4, -0.2) is 9.97 Å². The van der Waals surface area contributed by atoms with Crippen LogP contribution in [0.5, 0.6) is 0 Å². The van der Waals surface area contributed by atoms with Crippen molar-refractivity contribution in [2.45, 2.75) is 13.2 Å². The summed E-state index contributed by atoms with van der Waals surface area (Å²) in [5.74, 6) is 0.572. The quantitative estimate of drug-likeness (QED) is 0.790. The van der Waals surface area contributed by atoms with Crippen LogP contribution in [0.4, 0.5) is 0 Å². The SMILES string of the molecule is O=c1[nH]c(/C=C/c2cccc3c2COC3)nc2ccsc12. The highest BCUT2D eigenvalue weighted by atomic mass is 32.1. The van der Waals surface area contributed by atoms with E-state index in [-0.39, 0.29) is 5.56 Å². The van der Waals surface area contributed by atoms with E-state index in [4.69, 9.17) is 4.74 Å². The van der Waals surface area contributed by atoms with E-state index in [1.807, 2.05) is 35.7 Å². The summed E-state index contributed by atoms with van der Waals surface area (Å²) in [4.78, 5) is 19.2. The molecule has 0 bridgehead atoms. The average molecular weight is 296 g/mol. The minimum Gasteiger partial charge on any atom is -0.372 e. The maximum Gasteiger partial charge on any atom is 0.269 e. The Morgan fingerprint density at radius 3 is 3.14 bits per heavy atom. The first-order chi connectivity index (χ1) is 10.3. The van der Waals surface area contributed by atoms with Crippen LogP contribution in [0.2, 0.25) is 0 Å². The van der Waals surface area contributed by atoms with Crippen LogP contribution in [0.3, 0.4) is 0 Å². The van der Waals surface area contributed by atoms with Gasteiger partial charge in [0, 0.05) is 0 Å². The molecule has 4 nitrogen and oxygen atoms in total. The third kappa shape index (κ3) is 2.20. The minimum absolute atomic E-state index is 0.0868. The van der Waals surface area contributed by atoms with Crippen molar-refractivity contribution in [1.82, 2.24) is 9.97 Å². The zero-order chi connectivity index (χ0) is 14.2. The van der Waals surface area contributed by atoms with Gasteiger partial charge in [0.25, 0.3) is 5.56 Å². The second kappa shape index (κ2) is 4.95. The van der Waals surface area contributed by atoms with Gasteiger partial charge in [0.15, 0.2) is 0 Å².